The second-order valence-corrected chi connectivity index (χ2v) is 5.39. The first-order valence-electron chi connectivity index (χ1n) is 6.80. The molecule has 0 spiro atoms. The fraction of sp³-hybridized carbons (Fsp3) is 0.533. The largest absolute Gasteiger partial charge is 0.493 e. The van der Waals surface area contributed by atoms with Gasteiger partial charge in [-0.3, -0.25) is 4.79 Å². The van der Waals surface area contributed by atoms with E-state index >= 15 is 0 Å². The van der Waals surface area contributed by atoms with E-state index in [1.807, 2.05) is 18.2 Å². The minimum Gasteiger partial charge on any atom is -0.493 e. The molecule has 1 heterocycles. The third-order valence-corrected chi connectivity index (χ3v) is 3.90. The van der Waals surface area contributed by atoms with Crippen molar-refractivity contribution in [2.24, 2.45) is 5.92 Å². The number of hydrogen-bond donors (Lipinski definition) is 1. The monoisotopic (exact) mass is 281 g/mol. The van der Waals surface area contributed by atoms with Crippen LogP contribution in [0.2, 0.25) is 0 Å². The number of ether oxygens (including phenoxy) is 1. The highest BCUT2D eigenvalue weighted by Crippen LogP contribution is 2.25. The summed E-state index contributed by atoms with van der Waals surface area (Å²) in [5.41, 5.74) is 1.85. The average molecular weight is 282 g/mol. The van der Waals surface area contributed by atoms with Crippen molar-refractivity contribution in [3.8, 4) is 5.75 Å². The molecule has 0 saturated carbocycles. The number of carbonyl (C=O) groups excluding carboxylic acids is 1. The third kappa shape index (κ3) is 3.87. The Bertz CT molecular complexity index is 448. The number of carbonyl (C=O) groups is 1. The van der Waals surface area contributed by atoms with Crippen LogP contribution >= 0.6 is 11.6 Å². The van der Waals surface area contributed by atoms with Gasteiger partial charge in [0.25, 0.3) is 5.91 Å². The summed E-state index contributed by atoms with van der Waals surface area (Å²) in [4.78, 5) is 12.0. The predicted octanol–water partition coefficient (Wildman–Crippen LogP) is 3.01. The normalized spacial score (nSPS) is 14.6. The van der Waals surface area contributed by atoms with Crippen LogP contribution in [-0.4, -0.2) is 24.9 Å². The molecule has 4 heteroatoms. The predicted molar refractivity (Wildman–Crippen MR) is 77.1 cm³/mol. The molecule has 0 fully saturated rings. The van der Waals surface area contributed by atoms with Crippen LogP contribution in [0.3, 0.4) is 0 Å². The standard InChI is InChI=1S/C15H20ClNO2/c1-11(10-16)3-2-7-17-15(18)13-4-5-14-12(9-13)6-8-19-14/h4-5,9,11H,2-3,6-8,10H2,1H3,(H,17,18). The zero-order valence-corrected chi connectivity index (χ0v) is 12.0. The van der Waals surface area contributed by atoms with E-state index in [0.717, 1.165) is 42.7 Å². The summed E-state index contributed by atoms with van der Waals surface area (Å²) in [5, 5.41) is 2.95. The van der Waals surface area contributed by atoms with Gasteiger partial charge in [-0.15, -0.1) is 11.6 Å². The summed E-state index contributed by atoms with van der Waals surface area (Å²) in [7, 11) is 0. The molecule has 104 valence electrons. The van der Waals surface area contributed by atoms with Crippen molar-refractivity contribution in [2.45, 2.75) is 26.2 Å². The van der Waals surface area contributed by atoms with Crippen LogP contribution in [0.4, 0.5) is 0 Å². The van der Waals surface area contributed by atoms with E-state index in [-0.39, 0.29) is 5.91 Å². The lowest BCUT2D eigenvalue weighted by molar-refractivity contribution is 0.0952. The molecule has 19 heavy (non-hydrogen) atoms. The highest BCUT2D eigenvalue weighted by atomic mass is 35.5. The molecule has 1 unspecified atom stereocenters. The van der Waals surface area contributed by atoms with Gasteiger partial charge in [0.05, 0.1) is 6.61 Å². The van der Waals surface area contributed by atoms with Crippen molar-refractivity contribution in [1.82, 2.24) is 5.32 Å². The van der Waals surface area contributed by atoms with Crippen molar-refractivity contribution in [3.05, 3.63) is 29.3 Å². The fourth-order valence-electron chi connectivity index (χ4n) is 2.16. The first-order valence-corrected chi connectivity index (χ1v) is 7.34. The highest BCUT2D eigenvalue weighted by molar-refractivity contribution is 6.18. The summed E-state index contributed by atoms with van der Waals surface area (Å²) >= 11 is 5.74. The molecule has 1 aliphatic rings. The van der Waals surface area contributed by atoms with E-state index in [1.165, 1.54) is 0 Å². The van der Waals surface area contributed by atoms with Gasteiger partial charge in [0.15, 0.2) is 0 Å². The lowest BCUT2D eigenvalue weighted by Crippen LogP contribution is -2.24. The molecular formula is C15H20ClNO2. The Balaban J connectivity index is 1.80. The quantitative estimate of drug-likeness (QED) is 0.643. The number of alkyl halides is 1. The summed E-state index contributed by atoms with van der Waals surface area (Å²) in [6, 6.07) is 5.63. The Kier molecular flexibility index (Phi) is 5.08. The number of benzene rings is 1. The van der Waals surface area contributed by atoms with Gasteiger partial charge in [-0.1, -0.05) is 6.92 Å². The molecular weight excluding hydrogens is 262 g/mol. The minimum atomic E-state index is -0.00627. The van der Waals surface area contributed by atoms with Crippen LogP contribution in [0.5, 0.6) is 5.75 Å². The Morgan fingerprint density at radius 3 is 3.16 bits per heavy atom. The smallest absolute Gasteiger partial charge is 0.251 e. The molecule has 0 bridgehead atoms. The molecule has 1 aliphatic heterocycles. The molecule has 2 rings (SSSR count). The maximum Gasteiger partial charge on any atom is 0.251 e. The average Bonchev–Trinajstić information content (AvgIpc) is 2.90. The molecule has 0 aromatic heterocycles. The zero-order chi connectivity index (χ0) is 13.7. The first-order chi connectivity index (χ1) is 9.20. The van der Waals surface area contributed by atoms with E-state index in [2.05, 4.69) is 12.2 Å². The third-order valence-electron chi connectivity index (χ3n) is 3.37. The lowest BCUT2D eigenvalue weighted by atomic mass is 10.1. The summed E-state index contributed by atoms with van der Waals surface area (Å²) < 4.78 is 5.43. The topological polar surface area (TPSA) is 38.3 Å². The number of halogens is 1. The number of hydrogen-bond acceptors (Lipinski definition) is 2. The Morgan fingerprint density at radius 1 is 1.53 bits per heavy atom. The van der Waals surface area contributed by atoms with Crippen molar-refractivity contribution < 1.29 is 9.53 Å². The van der Waals surface area contributed by atoms with Crippen molar-refractivity contribution in [3.63, 3.8) is 0 Å². The van der Waals surface area contributed by atoms with Gasteiger partial charge in [0.2, 0.25) is 0 Å². The molecule has 1 aromatic carbocycles. The first kappa shape index (κ1) is 14.2. The lowest BCUT2D eigenvalue weighted by Gasteiger charge is -2.09. The maximum atomic E-state index is 12.0. The molecule has 1 aromatic rings. The van der Waals surface area contributed by atoms with Gasteiger partial charge in [0, 0.05) is 24.4 Å². The van der Waals surface area contributed by atoms with Gasteiger partial charge in [-0.2, -0.15) is 0 Å². The van der Waals surface area contributed by atoms with Gasteiger partial charge in [-0.05, 0) is 42.5 Å². The second kappa shape index (κ2) is 6.80. The van der Waals surface area contributed by atoms with Crippen LogP contribution in [0, 0.1) is 5.92 Å². The summed E-state index contributed by atoms with van der Waals surface area (Å²) in [6.45, 7) is 3.54. The van der Waals surface area contributed by atoms with Gasteiger partial charge >= 0.3 is 0 Å². The van der Waals surface area contributed by atoms with E-state index in [0.29, 0.717) is 18.3 Å². The summed E-state index contributed by atoms with van der Waals surface area (Å²) in [5.74, 6) is 2.09. The van der Waals surface area contributed by atoms with Crippen LogP contribution in [-0.2, 0) is 6.42 Å². The van der Waals surface area contributed by atoms with Crippen LogP contribution < -0.4 is 10.1 Å². The zero-order valence-electron chi connectivity index (χ0n) is 11.2. The Hall–Kier alpha value is -1.22. The Labute approximate surface area is 119 Å². The highest BCUT2D eigenvalue weighted by Gasteiger charge is 2.14. The van der Waals surface area contributed by atoms with Crippen LogP contribution in [0.1, 0.15) is 35.7 Å². The number of amides is 1. The summed E-state index contributed by atoms with van der Waals surface area (Å²) in [6.07, 6.45) is 2.90. The molecule has 1 N–H and O–H groups in total. The van der Waals surface area contributed by atoms with E-state index in [9.17, 15) is 4.79 Å². The molecule has 1 atom stereocenters. The van der Waals surface area contributed by atoms with E-state index in [4.69, 9.17) is 16.3 Å². The van der Waals surface area contributed by atoms with Gasteiger partial charge in [-0.25, -0.2) is 0 Å². The van der Waals surface area contributed by atoms with Crippen LogP contribution in [0.25, 0.3) is 0 Å². The molecule has 0 saturated heterocycles. The fourth-order valence-corrected chi connectivity index (χ4v) is 2.31. The molecule has 0 aliphatic carbocycles. The second-order valence-electron chi connectivity index (χ2n) is 5.08. The van der Waals surface area contributed by atoms with Crippen molar-refractivity contribution in [1.29, 1.82) is 0 Å². The minimum absolute atomic E-state index is 0.00627. The Morgan fingerprint density at radius 2 is 2.37 bits per heavy atom. The molecule has 3 nitrogen and oxygen atoms in total. The SMILES string of the molecule is CC(CCl)CCCNC(=O)c1ccc2c(c1)CCO2. The van der Waals surface area contributed by atoms with Gasteiger partial charge < -0.3 is 10.1 Å². The maximum absolute atomic E-state index is 12.0. The molecule has 1 amide bonds. The van der Waals surface area contributed by atoms with Crippen molar-refractivity contribution in [2.75, 3.05) is 19.0 Å². The van der Waals surface area contributed by atoms with Gasteiger partial charge in [0.1, 0.15) is 5.75 Å². The van der Waals surface area contributed by atoms with E-state index in [1.54, 1.807) is 0 Å². The van der Waals surface area contributed by atoms with Crippen molar-refractivity contribution >= 4 is 17.5 Å². The number of nitrogens with one attached hydrogen (secondary N) is 1. The number of fused-ring (bicyclic) bond motifs is 1. The van der Waals surface area contributed by atoms with E-state index < -0.39 is 0 Å². The number of rotatable bonds is 6. The van der Waals surface area contributed by atoms with Crippen LogP contribution in [0.15, 0.2) is 18.2 Å². The molecule has 0 radical (unpaired) electrons.